The molecule has 0 fully saturated rings. The summed E-state index contributed by atoms with van der Waals surface area (Å²) in [6, 6.07) is 4.28. The highest BCUT2D eigenvalue weighted by Gasteiger charge is 2.31. The number of nitrogens with two attached hydrogens (primary N) is 1. The molecule has 3 N–H and O–H groups in total. The van der Waals surface area contributed by atoms with Crippen LogP contribution < -0.4 is 10.5 Å². The fraction of sp³-hybridized carbons (Fsp3) is 0.500. The van der Waals surface area contributed by atoms with Crippen LogP contribution in [0, 0.1) is 0 Å². The highest BCUT2D eigenvalue weighted by atomic mass is 35.5. The third-order valence-corrected chi connectivity index (χ3v) is 5.58. The Hall–Kier alpha value is -0.330. The Balaban J connectivity index is 3.17. The third-order valence-electron chi connectivity index (χ3n) is 3.28. The molecule has 1 aromatic carbocycles. The molecule has 0 radical (unpaired) electrons. The monoisotopic (exact) mass is 324 g/mol. The van der Waals surface area contributed by atoms with E-state index in [1.54, 1.807) is 0 Å². The van der Waals surface area contributed by atoms with Crippen molar-refractivity contribution in [2.24, 2.45) is 5.73 Å². The van der Waals surface area contributed by atoms with Crippen LogP contribution in [0.15, 0.2) is 23.1 Å². The van der Waals surface area contributed by atoms with Crippen molar-refractivity contribution in [1.82, 2.24) is 4.72 Å². The molecule has 0 aliphatic carbocycles. The van der Waals surface area contributed by atoms with Crippen LogP contribution in [0.25, 0.3) is 0 Å². The SMILES string of the molecule is CCC(CC)(CN)NS(=O)(=O)c1ccc(Cl)cc1Cl. The van der Waals surface area contributed by atoms with Crippen LogP contribution in [0.3, 0.4) is 0 Å². The topological polar surface area (TPSA) is 72.2 Å². The molecular weight excluding hydrogens is 307 g/mol. The summed E-state index contributed by atoms with van der Waals surface area (Å²) in [5, 5.41) is 0.484. The maximum Gasteiger partial charge on any atom is 0.242 e. The Morgan fingerprint density at radius 1 is 1.26 bits per heavy atom. The fourth-order valence-electron chi connectivity index (χ4n) is 1.76. The molecule has 0 atom stereocenters. The Bertz CT molecular complexity index is 534. The molecule has 0 aliphatic rings. The van der Waals surface area contributed by atoms with Gasteiger partial charge in [-0.25, -0.2) is 13.1 Å². The first kappa shape index (κ1) is 16.7. The summed E-state index contributed by atoms with van der Waals surface area (Å²) in [4.78, 5) is 0.0123. The molecule has 0 unspecified atom stereocenters. The van der Waals surface area contributed by atoms with Gasteiger partial charge in [-0.1, -0.05) is 37.0 Å². The van der Waals surface area contributed by atoms with Crippen molar-refractivity contribution >= 4 is 33.2 Å². The quantitative estimate of drug-likeness (QED) is 0.845. The first-order valence-corrected chi connectivity index (χ1v) is 8.23. The summed E-state index contributed by atoms with van der Waals surface area (Å²) in [5.41, 5.74) is 5.04. The summed E-state index contributed by atoms with van der Waals surface area (Å²) in [7, 11) is -3.72. The van der Waals surface area contributed by atoms with Crippen LogP contribution in [-0.2, 0) is 10.0 Å². The number of rotatable bonds is 6. The number of nitrogens with one attached hydrogen (secondary N) is 1. The van der Waals surface area contributed by atoms with Gasteiger partial charge in [-0.05, 0) is 31.0 Å². The summed E-state index contributed by atoms with van der Waals surface area (Å²) in [6.45, 7) is 4.01. The molecule has 108 valence electrons. The second-order valence-electron chi connectivity index (χ2n) is 4.37. The van der Waals surface area contributed by atoms with E-state index in [-0.39, 0.29) is 16.5 Å². The molecule has 0 bridgehead atoms. The van der Waals surface area contributed by atoms with Crippen molar-refractivity contribution in [1.29, 1.82) is 0 Å². The van der Waals surface area contributed by atoms with Crippen molar-refractivity contribution < 1.29 is 8.42 Å². The molecular formula is C12H18Cl2N2O2S. The molecule has 0 spiro atoms. The van der Waals surface area contributed by atoms with E-state index < -0.39 is 15.6 Å². The highest BCUT2D eigenvalue weighted by Crippen LogP contribution is 2.27. The molecule has 0 aliphatic heterocycles. The number of hydrogen-bond acceptors (Lipinski definition) is 3. The molecule has 1 aromatic rings. The normalized spacial score (nSPS) is 12.7. The van der Waals surface area contributed by atoms with Crippen molar-refractivity contribution in [3.05, 3.63) is 28.2 Å². The molecule has 0 heterocycles. The van der Waals surface area contributed by atoms with E-state index in [9.17, 15) is 8.42 Å². The smallest absolute Gasteiger partial charge is 0.242 e. The lowest BCUT2D eigenvalue weighted by molar-refractivity contribution is 0.363. The van der Waals surface area contributed by atoms with Gasteiger partial charge in [-0.2, -0.15) is 0 Å². The minimum atomic E-state index is -3.72. The number of halogens is 2. The first-order chi connectivity index (χ1) is 8.80. The lowest BCUT2D eigenvalue weighted by Gasteiger charge is -2.31. The van der Waals surface area contributed by atoms with Gasteiger partial charge in [0, 0.05) is 17.1 Å². The molecule has 0 saturated carbocycles. The van der Waals surface area contributed by atoms with Crippen LogP contribution in [0.1, 0.15) is 26.7 Å². The zero-order chi connectivity index (χ0) is 14.7. The Morgan fingerprint density at radius 3 is 2.26 bits per heavy atom. The Morgan fingerprint density at radius 2 is 1.84 bits per heavy atom. The van der Waals surface area contributed by atoms with Crippen LogP contribution in [0.2, 0.25) is 10.0 Å². The average Bonchev–Trinajstić information content (AvgIpc) is 2.35. The zero-order valence-corrected chi connectivity index (χ0v) is 13.2. The van der Waals surface area contributed by atoms with Gasteiger partial charge in [0.25, 0.3) is 0 Å². The number of hydrogen-bond donors (Lipinski definition) is 2. The van der Waals surface area contributed by atoms with Crippen LogP contribution in [0.4, 0.5) is 0 Å². The largest absolute Gasteiger partial charge is 0.329 e. The molecule has 7 heteroatoms. The van der Waals surface area contributed by atoms with Gasteiger partial charge in [-0.3, -0.25) is 0 Å². The van der Waals surface area contributed by atoms with Gasteiger partial charge in [0.2, 0.25) is 10.0 Å². The summed E-state index contributed by atoms with van der Waals surface area (Å²) >= 11 is 11.7. The van der Waals surface area contributed by atoms with Crippen molar-refractivity contribution in [2.45, 2.75) is 37.1 Å². The maximum atomic E-state index is 12.4. The minimum Gasteiger partial charge on any atom is -0.329 e. The van der Waals surface area contributed by atoms with E-state index in [0.717, 1.165) is 0 Å². The lowest BCUT2D eigenvalue weighted by Crippen LogP contribution is -2.52. The summed E-state index contributed by atoms with van der Waals surface area (Å²) in [5.74, 6) is 0. The predicted octanol–water partition coefficient (Wildman–Crippen LogP) is 2.79. The lowest BCUT2D eigenvalue weighted by atomic mass is 9.95. The Labute approximate surface area is 124 Å². The van der Waals surface area contributed by atoms with Gasteiger partial charge in [0.1, 0.15) is 4.90 Å². The van der Waals surface area contributed by atoms with Gasteiger partial charge >= 0.3 is 0 Å². The average molecular weight is 325 g/mol. The second-order valence-corrected chi connectivity index (χ2v) is 6.87. The van der Waals surface area contributed by atoms with E-state index in [2.05, 4.69) is 4.72 Å². The van der Waals surface area contributed by atoms with E-state index in [4.69, 9.17) is 28.9 Å². The van der Waals surface area contributed by atoms with Crippen LogP contribution in [0.5, 0.6) is 0 Å². The van der Waals surface area contributed by atoms with Gasteiger partial charge in [0.05, 0.1) is 5.02 Å². The molecule has 0 aromatic heterocycles. The van der Waals surface area contributed by atoms with E-state index in [0.29, 0.717) is 17.9 Å². The molecule has 1 rings (SSSR count). The molecule has 0 saturated heterocycles. The Kier molecular flexibility index (Phi) is 5.65. The highest BCUT2D eigenvalue weighted by molar-refractivity contribution is 7.89. The number of sulfonamides is 1. The predicted molar refractivity (Wildman–Crippen MR) is 79.2 cm³/mol. The fourth-order valence-corrected chi connectivity index (χ4v) is 4.09. The zero-order valence-electron chi connectivity index (χ0n) is 10.9. The van der Waals surface area contributed by atoms with Crippen molar-refractivity contribution in [3.8, 4) is 0 Å². The van der Waals surface area contributed by atoms with E-state index in [1.165, 1.54) is 18.2 Å². The van der Waals surface area contributed by atoms with Gasteiger partial charge in [-0.15, -0.1) is 0 Å². The second kappa shape index (κ2) is 6.41. The van der Waals surface area contributed by atoms with E-state index in [1.807, 2.05) is 13.8 Å². The molecule has 4 nitrogen and oxygen atoms in total. The summed E-state index contributed by atoms with van der Waals surface area (Å²) in [6.07, 6.45) is 1.20. The molecule has 19 heavy (non-hydrogen) atoms. The summed E-state index contributed by atoms with van der Waals surface area (Å²) < 4.78 is 27.4. The van der Waals surface area contributed by atoms with Crippen LogP contribution in [-0.4, -0.2) is 20.5 Å². The molecule has 0 amide bonds. The van der Waals surface area contributed by atoms with Crippen LogP contribution >= 0.6 is 23.2 Å². The van der Waals surface area contributed by atoms with Gasteiger partial charge < -0.3 is 5.73 Å². The minimum absolute atomic E-state index is 0.0123. The first-order valence-electron chi connectivity index (χ1n) is 5.99. The van der Waals surface area contributed by atoms with Gasteiger partial charge in [0.15, 0.2) is 0 Å². The third kappa shape index (κ3) is 3.83. The number of benzene rings is 1. The van der Waals surface area contributed by atoms with Crippen molar-refractivity contribution in [3.63, 3.8) is 0 Å². The standard InChI is InChI=1S/C12H18Cl2N2O2S/c1-3-12(4-2,8-15)16-19(17,18)11-6-5-9(13)7-10(11)14/h5-7,16H,3-4,8,15H2,1-2H3. The van der Waals surface area contributed by atoms with Crippen molar-refractivity contribution in [2.75, 3.05) is 6.54 Å². The van der Waals surface area contributed by atoms with E-state index >= 15 is 0 Å². The maximum absolute atomic E-state index is 12.4.